The number of nitrogens with one attached hydrogen (secondary N) is 1. The number of carbonyl (C=O) groups excluding carboxylic acids is 3. The summed E-state index contributed by atoms with van der Waals surface area (Å²) < 4.78 is 20.7. The van der Waals surface area contributed by atoms with Crippen molar-refractivity contribution in [2.45, 2.75) is 115 Å². The lowest BCUT2D eigenvalue weighted by Crippen LogP contribution is -2.44. The minimum Gasteiger partial charge on any atom is -0.381 e. The molecule has 5 N–H and O–H groups in total. The first kappa shape index (κ1) is 42.9. The second-order valence-corrected chi connectivity index (χ2v) is 13.7. The van der Waals surface area contributed by atoms with Gasteiger partial charge in [0.1, 0.15) is 6.04 Å². The SMILES string of the molecule is C[C@@H](OCc1ccc(CCCOCCCCCCCOCCCc2ccc3c(c2)n(C)c(=O)n3C2CCC(=O)NC2=O)cc1)[C@@H](N)CCC(N)=O.Cl. The zero-order valence-corrected chi connectivity index (χ0v) is 31.6. The maximum atomic E-state index is 13.0. The van der Waals surface area contributed by atoms with Gasteiger partial charge in [-0.25, -0.2) is 4.79 Å². The summed E-state index contributed by atoms with van der Waals surface area (Å²) >= 11 is 0. The average Bonchev–Trinajstić information content (AvgIpc) is 3.36. The van der Waals surface area contributed by atoms with Gasteiger partial charge in [0.2, 0.25) is 17.7 Å². The zero-order chi connectivity index (χ0) is 36.6. The molecule has 0 radical (unpaired) electrons. The van der Waals surface area contributed by atoms with Crippen LogP contribution in [0.2, 0.25) is 0 Å². The second-order valence-electron chi connectivity index (χ2n) is 13.7. The molecule has 1 aliphatic heterocycles. The number of imidazole rings is 1. The lowest BCUT2D eigenvalue weighted by atomic mass is 10.1. The van der Waals surface area contributed by atoms with E-state index in [0.29, 0.717) is 31.6 Å². The van der Waals surface area contributed by atoms with Crippen LogP contribution >= 0.6 is 12.4 Å². The lowest BCUT2D eigenvalue weighted by Gasteiger charge is -2.21. The third-order valence-electron chi connectivity index (χ3n) is 9.62. The fourth-order valence-electron chi connectivity index (χ4n) is 6.39. The van der Waals surface area contributed by atoms with E-state index in [9.17, 15) is 19.2 Å². The smallest absolute Gasteiger partial charge is 0.329 e. The first-order valence-electron chi connectivity index (χ1n) is 18.6. The number of primary amides is 1. The van der Waals surface area contributed by atoms with Crippen molar-refractivity contribution in [3.63, 3.8) is 0 Å². The van der Waals surface area contributed by atoms with Crippen LogP contribution in [0.3, 0.4) is 0 Å². The molecule has 2 heterocycles. The number of aromatic nitrogens is 2. The van der Waals surface area contributed by atoms with Gasteiger partial charge in [-0.2, -0.15) is 0 Å². The number of aryl methyl sites for hydroxylation is 3. The molecule has 1 fully saturated rings. The number of imide groups is 1. The van der Waals surface area contributed by atoms with Crippen LogP contribution in [0.5, 0.6) is 0 Å². The van der Waals surface area contributed by atoms with Gasteiger partial charge >= 0.3 is 5.69 Å². The van der Waals surface area contributed by atoms with Crippen molar-refractivity contribution in [3.05, 3.63) is 69.6 Å². The monoisotopic (exact) mass is 743 g/mol. The van der Waals surface area contributed by atoms with E-state index in [0.717, 1.165) is 87.8 Å². The number of halogens is 1. The van der Waals surface area contributed by atoms with E-state index >= 15 is 0 Å². The molecule has 0 bridgehead atoms. The van der Waals surface area contributed by atoms with E-state index in [-0.39, 0.29) is 54.9 Å². The van der Waals surface area contributed by atoms with Crippen LogP contribution in [0, 0.1) is 0 Å². The first-order valence-corrected chi connectivity index (χ1v) is 18.6. The van der Waals surface area contributed by atoms with Gasteiger partial charge in [-0.3, -0.25) is 28.8 Å². The Bertz CT molecular complexity index is 1620. The van der Waals surface area contributed by atoms with Crippen molar-refractivity contribution in [3.8, 4) is 0 Å². The van der Waals surface area contributed by atoms with E-state index in [1.807, 2.05) is 25.1 Å². The molecule has 0 spiro atoms. The summed E-state index contributed by atoms with van der Waals surface area (Å²) in [7, 11) is 1.72. The van der Waals surface area contributed by atoms with Crippen molar-refractivity contribution in [2.75, 3.05) is 26.4 Å². The molecule has 3 atom stereocenters. The number of piperidine rings is 1. The molecule has 1 aromatic heterocycles. The molecule has 0 saturated carbocycles. The van der Waals surface area contributed by atoms with Crippen molar-refractivity contribution in [1.82, 2.24) is 14.5 Å². The van der Waals surface area contributed by atoms with Crippen LogP contribution in [0.15, 0.2) is 47.3 Å². The van der Waals surface area contributed by atoms with Crippen molar-refractivity contribution in [1.29, 1.82) is 0 Å². The average molecular weight is 744 g/mol. The van der Waals surface area contributed by atoms with Crippen molar-refractivity contribution >= 4 is 41.2 Å². The molecule has 288 valence electrons. The fourth-order valence-corrected chi connectivity index (χ4v) is 6.39. The van der Waals surface area contributed by atoms with Crippen LogP contribution in [0.25, 0.3) is 11.0 Å². The third kappa shape index (κ3) is 13.5. The van der Waals surface area contributed by atoms with Gasteiger partial charge in [0.05, 0.1) is 23.7 Å². The van der Waals surface area contributed by atoms with E-state index in [1.165, 1.54) is 16.6 Å². The van der Waals surface area contributed by atoms with Gasteiger partial charge in [0.15, 0.2) is 0 Å². The summed E-state index contributed by atoms with van der Waals surface area (Å²) in [5.41, 5.74) is 16.0. The Kier molecular flexibility index (Phi) is 18.5. The molecule has 3 aromatic rings. The molecule has 1 unspecified atom stereocenters. The third-order valence-corrected chi connectivity index (χ3v) is 9.62. The standard InChI is InChI=1S/C39H57N5O7.ClH/c1-28(32(40)17-20-36(41)45)51-27-31-14-12-29(13-15-31)10-8-24-49-22-6-4-3-5-7-23-50-25-9-11-30-16-18-33-35(26-30)43(2)39(48)44(33)34-19-21-37(46)42-38(34)47;/h12-16,18,26,28,32,34H,3-11,17,19-25,27,40H2,1-2H3,(H2,41,45)(H,42,46,47);1H/t28-,32+,34?;/m1./s1. The Hall–Kier alpha value is -3.55. The van der Waals surface area contributed by atoms with Crippen LogP contribution in [-0.4, -0.2) is 65.4 Å². The van der Waals surface area contributed by atoms with Crippen LogP contribution in [0.4, 0.5) is 0 Å². The summed E-state index contributed by atoms with van der Waals surface area (Å²) in [5.74, 6) is -1.06. The number of fused-ring (bicyclic) bond motifs is 1. The zero-order valence-electron chi connectivity index (χ0n) is 30.8. The Morgan fingerprint density at radius 1 is 0.846 bits per heavy atom. The molecule has 0 aliphatic carbocycles. The number of nitrogens with two attached hydrogens (primary N) is 2. The highest BCUT2D eigenvalue weighted by Crippen LogP contribution is 2.24. The number of amides is 3. The maximum absolute atomic E-state index is 13.0. The molecular formula is C39H58ClN5O7. The van der Waals surface area contributed by atoms with Crippen molar-refractivity contribution < 1.29 is 28.6 Å². The predicted octanol–water partition coefficient (Wildman–Crippen LogP) is 4.79. The first-order chi connectivity index (χ1) is 24.6. The van der Waals surface area contributed by atoms with Gasteiger partial charge < -0.3 is 25.7 Å². The Labute approximate surface area is 313 Å². The number of benzene rings is 2. The van der Waals surface area contributed by atoms with E-state index in [2.05, 4.69) is 29.6 Å². The highest BCUT2D eigenvalue weighted by atomic mass is 35.5. The topological polar surface area (TPSA) is 170 Å². The lowest BCUT2D eigenvalue weighted by molar-refractivity contribution is -0.135. The van der Waals surface area contributed by atoms with E-state index in [4.69, 9.17) is 25.7 Å². The molecule has 52 heavy (non-hydrogen) atoms. The number of hydrogen-bond donors (Lipinski definition) is 3. The molecule has 3 amide bonds. The fraction of sp³-hybridized carbons (Fsp3) is 0.590. The van der Waals surface area contributed by atoms with Crippen LogP contribution in [-0.2, 0) is 55.1 Å². The minimum absolute atomic E-state index is 0. The largest absolute Gasteiger partial charge is 0.381 e. The van der Waals surface area contributed by atoms with Gasteiger partial charge in [-0.05, 0) is 87.1 Å². The molecule has 4 rings (SSSR count). The minimum atomic E-state index is -0.671. The number of hydrogen-bond acceptors (Lipinski definition) is 8. The number of ether oxygens (including phenoxy) is 3. The molecule has 1 aliphatic rings. The maximum Gasteiger partial charge on any atom is 0.329 e. The molecule has 13 heteroatoms. The van der Waals surface area contributed by atoms with Gasteiger partial charge in [-0.15, -0.1) is 12.4 Å². The Morgan fingerprint density at radius 3 is 2.06 bits per heavy atom. The summed E-state index contributed by atoms with van der Waals surface area (Å²) in [4.78, 5) is 47.9. The number of rotatable bonds is 24. The van der Waals surface area contributed by atoms with E-state index < -0.39 is 11.9 Å². The highest BCUT2D eigenvalue weighted by Gasteiger charge is 2.31. The number of carbonyl (C=O) groups is 3. The van der Waals surface area contributed by atoms with Gasteiger partial charge in [-0.1, -0.05) is 49.6 Å². The number of unbranched alkanes of at least 4 members (excludes halogenated alkanes) is 4. The number of nitrogens with zero attached hydrogens (tertiary/aromatic N) is 2. The normalized spacial score (nSPS) is 15.7. The van der Waals surface area contributed by atoms with Crippen LogP contribution in [0.1, 0.15) is 100 Å². The van der Waals surface area contributed by atoms with Crippen LogP contribution < -0.4 is 22.5 Å². The molecule has 1 saturated heterocycles. The predicted molar refractivity (Wildman–Crippen MR) is 204 cm³/mol. The summed E-state index contributed by atoms with van der Waals surface area (Å²) in [5, 5.41) is 2.35. The summed E-state index contributed by atoms with van der Waals surface area (Å²) in [6, 6.07) is 13.5. The Morgan fingerprint density at radius 2 is 1.42 bits per heavy atom. The molecule has 2 aromatic carbocycles. The van der Waals surface area contributed by atoms with Gasteiger partial charge in [0, 0.05) is 52.4 Å². The highest BCUT2D eigenvalue weighted by molar-refractivity contribution is 6.00. The summed E-state index contributed by atoms with van der Waals surface area (Å²) in [6.45, 7) is 5.43. The quantitative estimate of drug-likeness (QED) is 0.0870. The second kappa shape index (κ2) is 22.5. The van der Waals surface area contributed by atoms with Gasteiger partial charge in [0.25, 0.3) is 0 Å². The Balaban J connectivity index is 0.00000729. The van der Waals surface area contributed by atoms with Crippen molar-refractivity contribution in [2.24, 2.45) is 18.5 Å². The molecular weight excluding hydrogens is 686 g/mol. The van der Waals surface area contributed by atoms with E-state index in [1.54, 1.807) is 11.6 Å². The molecule has 12 nitrogen and oxygen atoms in total. The summed E-state index contributed by atoms with van der Waals surface area (Å²) in [6.07, 6.45) is 10.5.